The molecule has 0 bridgehead atoms. The van der Waals surface area contributed by atoms with Gasteiger partial charge in [0.1, 0.15) is 4.83 Å². The zero-order chi connectivity index (χ0) is 15.7. The van der Waals surface area contributed by atoms with Gasteiger partial charge in [0.2, 0.25) is 0 Å². The monoisotopic (exact) mass is 321 g/mol. The molecule has 0 aliphatic carbocycles. The predicted molar refractivity (Wildman–Crippen MR) is 91.1 cm³/mol. The van der Waals surface area contributed by atoms with E-state index in [0.717, 1.165) is 50.0 Å². The molecular formula is C16H23N3O2S. The molecule has 0 saturated carbocycles. The summed E-state index contributed by atoms with van der Waals surface area (Å²) in [5.41, 5.74) is -0.372. The van der Waals surface area contributed by atoms with Gasteiger partial charge in [0, 0.05) is 10.9 Å². The summed E-state index contributed by atoms with van der Waals surface area (Å²) in [6.45, 7) is 4.02. The fourth-order valence-electron chi connectivity index (χ4n) is 3.13. The first-order valence-corrected chi connectivity index (χ1v) is 8.87. The van der Waals surface area contributed by atoms with Crippen LogP contribution in [0, 0.1) is 0 Å². The predicted octanol–water partition coefficient (Wildman–Crippen LogP) is 2.36. The van der Waals surface area contributed by atoms with Crippen molar-refractivity contribution in [3.05, 3.63) is 31.8 Å². The van der Waals surface area contributed by atoms with E-state index in [1.807, 2.05) is 6.07 Å². The number of aryl methyl sites for hydroxylation is 1. The van der Waals surface area contributed by atoms with E-state index in [-0.39, 0.29) is 17.3 Å². The smallest absolute Gasteiger partial charge is 0.306 e. The van der Waals surface area contributed by atoms with Gasteiger partial charge in [0.15, 0.2) is 0 Å². The number of hydrogen-bond acceptors (Lipinski definition) is 4. The number of fused-ring (bicyclic) bond motifs is 1. The molecule has 0 amide bonds. The lowest BCUT2D eigenvalue weighted by molar-refractivity contribution is 0.216. The van der Waals surface area contributed by atoms with Crippen molar-refractivity contribution in [2.45, 2.75) is 45.1 Å². The van der Waals surface area contributed by atoms with Gasteiger partial charge >= 0.3 is 5.69 Å². The maximum absolute atomic E-state index is 12.8. The number of piperidine rings is 1. The van der Waals surface area contributed by atoms with E-state index in [0.29, 0.717) is 5.39 Å². The SMILES string of the molecule is CCCCc1cc2c(=O)n(C3CCN(C)CC3)c(=O)[nH]c2s1. The minimum atomic E-state index is -0.254. The zero-order valence-electron chi connectivity index (χ0n) is 13.2. The number of aromatic nitrogens is 2. The van der Waals surface area contributed by atoms with E-state index in [9.17, 15) is 9.59 Å². The lowest BCUT2D eigenvalue weighted by Crippen LogP contribution is -2.42. The number of nitrogens with zero attached hydrogens (tertiary/aromatic N) is 2. The van der Waals surface area contributed by atoms with Gasteiger partial charge in [-0.05, 0) is 51.9 Å². The number of unbranched alkanes of at least 4 members (excludes halogenated alkanes) is 1. The largest absolute Gasteiger partial charge is 0.329 e. The van der Waals surface area contributed by atoms with Crippen molar-refractivity contribution < 1.29 is 0 Å². The van der Waals surface area contributed by atoms with E-state index in [1.165, 1.54) is 9.44 Å². The van der Waals surface area contributed by atoms with Crippen LogP contribution in [0.3, 0.4) is 0 Å². The molecule has 2 aromatic rings. The molecular weight excluding hydrogens is 298 g/mol. The first-order valence-electron chi connectivity index (χ1n) is 8.06. The molecule has 1 aliphatic heterocycles. The Hall–Kier alpha value is -1.40. The van der Waals surface area contributed by atoms with Crippen molar-refractivity contribution in [1.29, 1.82) is 0 Å². The van der Waals surface area contributed by atoms with Crippen molar-refractivity contribution in [3.63, 3.8) is 0 Å². The van der Waals surface area contributed by atoms with Crippen LogP contribution in [0.2, 0.25) is 0 Å². The highest BCUT2D eigenvalue weighted by atomic mass is 32.1. The number of hydrogen-bond donors (Lipinski definition) is 1. The molecule has 0 atom stereocenters. The highest BCUT2D eigenvalue weighted by molar-refractivity contribution is 7.18. The molecule has 22 heavy (non-hydrogen) atoms. The lowest BCUT2D eigenvalue weighted by atomic mass is 10.1. The summed E-state index contributed by atoms with van der Waals surface area (Å²) >= 11 is 1.54. The standard InChI is InChI=1S/C16H23N3O2S/c1-3-4-5-12-10-13-14(22-12)17-16(21)19(15(13)20)11-6-8-18(2)9-7-11/h10-11H,3-9H2,1-2H3,(H,17,21). The Morgan fingerprint density at radius 2 is 2.05 bits per heavy atom. The Morgan fingerprint density at radius 1 is 1.32 bits per heavy atom. The summed E-state index contributed by atoms with van der Waals surface area (Å²) in [4.78, 5) is 32.2. The molecule has 0 unspecified atom stereocenters. The maximum Gasteiger partial charge on any atom is 0.329 e. The number of H-pyrrole nitrogens is 1. The van der Waals surface area contributed by atoms with Crippen LogP contribution in [0.15, 0.2) is 15.7 Å². The van der Waals surface area contributed by atoms with Crippen LogP contribution in [0.25, 0.3) is 10.2 Å². The molecule has 0 aromatic carbocycles. The summed E-state index contributed by atoms with van der Waals surface area (Å²) in [5, 5.41) is 0.676. The van der Waals surface area contributed by atoms with E-state index >= 15 is 0 Å². The van der Waals surface area contributed by atoms with Gasteiger partial charge in [-0.25, -0.2) is 4.79 Å². The van der Waals surface area contributed by atoms with Crippen LogP contribution in [0.5, 0.6) is 0 Å². The third-order valence-electron chi connectivity index (χ3n) is 4.50. The third kappa shape index (κ3) is 2.90. The first kappa shape index (κ1) is 15.5. The summed E-state index contributed by atoms with van der Waals surface area (Å²) < 4.78 is 1.45. The normalized spacial score (nSPS) is 17.4. The van der Waals surface area contributed by atoms with Gasteiger partial charge < -0.3 is 4.90 Å². The molecule has 3 rings (SSSR count). The lowest BCUT2D eigenvalue weighted by Gasteiger charge is -2.29. The van der Waals surface area contributed by atoms with Crippen molar-refractivity contribution in [2.24, 2.45) is 0 Å². The molecule has 0 spiro atoms. The second-order valence-electron chi connectivity index (χ2n) is 6.20. The Bertz CT molecular complexity index is 766. The number of thiophene rings is 1. The van der Waals surface area contributed by atoms with Crippen molar-refractivity contribution in [1.82, 2.24) is 14.5 Å². The fourth-order valence-corrected chi connectivity index (χ4v) is 4.21. The summed E-state index contributed by atoms with van der Waals surface area (Å²) in [5.74, 6) is 0. The number of aromatic amines is 1. The average Bonchev–Trinajstić information content (AvgIpc) is 2.90. The molecule has 5 nitrogen and oxygen atoms in total. The van der Waals surface area contributed by atoms with Gasteiger partial charge in [-0.1, -0.05) is 13.3 Å². The Labute approximate surface area is 133 Å². The maximum atomic E-state index is 12.8. The van der Waals surface area contributed by atoms with E-state index < -0.39 is 0 Å². The summed E-state index contributed by atoms with van der Waals surface area (Å²) in [7, 11) is 2.07. The second kappa shape index (κ2) is 6.38. The number of rotatable bonds is 4. The molecule has 120 valence electrons. The highest BCUT2D eigenvalue weighted by Gasteiger charge is 2.22. The van der Waals surface area contributed by atoms with Crippen LogP contribution < -0.4 is 11.2 Å². The fraction of sp³-hybridized carbons (Fsp3) is 0.625. The molecule has 3 heterocycles. The molecule has 6 heteroatoms. The number of nitrogens with one attached hydrogen (secondary N) is 1. The molecule has 1 aliphatic rings. The topological polar surface area (TPSA) is 58.1 Å². The van der Waals surface area contributed by atoms with Crippen LogP contribution in [0.4, 0.5) is 0 Å². The van der Waals surface area contributed by atoms with E-state index in [4.69, 9.17) is 0 Å². The van der Waals surface area contributed by atoms with Crippen molar-refractivity contribution >= 4 is 21.6 Å². The molecule has 0 radical (unpaired) electrons. The number of likely N-dealkylation sites (tertiary alicyclic amines) is 1. The van der Waals surface area contributed by atoms with Gasteiger partial charge in [0.25, 0.3) is 5.56 Å². The van der Waals surface area contributed by atoms with Gasteiger partial charge in [-0.2, -0.15) is 0 Å². The van der Waals surface area contributed by atoms with Crippen LogP contribution in [-0.2, 0) is 6.42 Å². The Balaban J connectivity index is 2.00. The molecule has 2 aromatic heterocycles. The quantitative estimate of drug-likeness (QED) is 0.940. The zero-order valence-corrected chi connectivity index (χ0v) is 14.0. The Kier molecular flexibility index (Phi) is 4.49. The van der Waals surface area contributed by atoms with Gasteiger partial charge in [-0.15, -0.1) is 11.3 Å². The second-order valence-corrected chi connectivity index (χ2v) is 7.34. The summed E-state index contributed by atoms with van der Waals surface area (Å²) in [6.07, 6.45) is 4.94. The third-order valence-corrected chi connectivity index (χ3v) is 5.61. The summed E-state index contributed by atoms with van der Waals surface area (Å²) in [6, 6.07) is 2.00. The molecule has 1 N–H and O–H groups in total. The minimum absolute atomic E-state index is 0.0239. The van der Waals surface area contributed by atoms with Crippen molar-refractivity contribution in [3.8, 4) is 0 Å². The van der Waals surface area contributed by atoms with Crippen LogP contribution >= 0.6 is 11.3 Å². The van der Waals surface area contributed by atoms with Crippen molar-refractivity contribution in [2.75, 3.05) is 20.1 Å². The average molecular weight is 321 g/mol. The Morgan fingerprint density at radius 3 is 2.73 bits per heavy atom. The van der Waals surface area contributed by atoms with Crippen LogP contribution in [0.1, 0.15) is 43.5 Å². The van der Waals surface area contributed by atoms with Gasteiger partial charge in [-0.3, -0.25) is 14.3 Å². The van der Waals surface area contributed by atoms with Gasteiger partial charge in [0.05, 0.1) is 5.39 Å². The highest BCUT2D eigenvalue weighted by Crippen LogP contribution is 2.24. The minimum Gasteiger partial charge on any atom is -0.306 e. The van der Waals surface area contributed by atoms with E-state index in [1.54, 1.807) is 11.3 Å². The first-order chi connectivity index (χ1) is 10.6. The van der Waals surface area contributed by atoms with Crippen LogP contribution in [-0.4, -0.2) is 34.6 Å². The van der Waals surface area contributed by atoms with E-state index in [2.05, 4.69) is 23.9 Å². The molecule has 1 fully saturated rings. The molecule has 1 saturated heterocycles.